The standard InChI is InChI=1S/C9H19N3O2S/c1-15-5-3-2-4-11-9(14)7-12-8(13)6-10/h2-7,10H2,1H3,(H,11,14)(H,12,13). The topological polar surface area (TPSA) is 84.2 Å². The summed E-state index contributed by atoms with van der Waals surface area (Å²) in [5.41, 5.74) is 5.07. The maximum atomic E-state index is 11.1. The number of hydrogen-bond acceptors (Lipinski definition) is 4. The van der Waals surface area contributed by atoms with E-state index in [2.05, 4.69) is 16.9 Å². The van der Waals surface area contributed by atoms with Gasteiger partial charge in [0.15, 0.2) is 0 Å². The molecule has 0 aromatic carbocycles. The van der Waals surface area contributed by atoms with Gasteiger partial charge in [0.1, 0.15) is 0 Å². The number of nitrogens with one attached hydrogen (secondary N) is 2. The van der Waals surface area contributed by atoms with E-state index in [4.69, 9.17) is 5.73 Å². The van der Waals surface area contributed by atoms with Crippen molar-refractivity contribution in [3.63, 3.8) is 0 Å². The molecule has 0 aliphatic rings. The Hall–Kier alpha value is -0.750. The molecule has 5 nitrogen and oxygen atoms in total. The van der Waals surface area contributed by atoms with Crippen molar-refractivity contribution in [2.45, 2.75) is 12.8 Å². The van der Waals surface area contributed by atoms with Gasteiger partial charge in [-0.15, -0.1) is 0 Å². The molecule has 0 unspecified atom stereocenters. The van der Waals surface area contributed by atoms with Gasteiger partial charge in [0, 0.05) is 6.54 Å². The highest BCUT2D eigenvalue weighted by Gasteiger charge is 2.02. The Balaban J connectivity index is 3.30. The summed E-state index contributed by atoms with van der Waals surface area (Å²) in [5.74, 6) is 0.633. The maximum Gasteiger partial charge on any atom is 0.239 e. The second-order valence-electron chi connectivity index (χ2n) is 3.03. The van der Waals surface area contributed by atoms with Crippen molar-refractivity contribution >= 4 is 23.6 Å². The van der Waals surface area contributed by atoms with Crippen LogP contribution in [0.2, 0.25) is 0 Å². The van der Waals surface area contributed by atoms with Crippen molar-refractivity contribution in [1.29, 1.82) is 0 Å². The molecule has 0 aromatic heterocycles. The highest BCUT2D eigenvalue weighted by atomic mass is 32.2. The van der Waals surface area contributed by atoms with Crippen LogP contribution in [0.5, 0.6) is 0 Å². The lowest BCUT2D eigenvalue weighted by Gasteiger charge is -2.05. The van der Waals surface area contributed by atoms with Gasteiger partial charge in [0.25, 0.3) is 0 Å². The van der Waals surface area contributed by atoms with Gasteiger partial charge in [-0.05, 0) is 24.9 Å². The fourth-order valence-electron chi connectivity index (χ4n) is 0.913. The zero-order valence-electron chi connectivity index (χ0n) is 9.04. The third-order valence-corrected chi connectivity index (χ3v) is 2.43. The predicted octanol–water partition coefficient (Wildman–Crippen LogP) is -0.679. The van der Waals surface area contributed by atoms with Crippen molar-refractivity contribution in [2.24, 2.45) is 5.73 Å². The second-order valence-corrected chi connectivity index (χ2v) is 4.02. The number of amides is 2. The molecule has 0 rings (SSSR count). The number of rotatable bonds is 8. The van der Waals surface area contributed by atoms with Gasteiger partial charge in [-0.1, -0.05) is 0 Å². The molecule has 0 aromatic rings. The van der Waals surface area contributed by atoms with Gasteiger partial charge < -0.3 is 16.4 Å². The molecule has 0 heterocycles. The van der Waals surface area contributed by atoms with E-state index in [1.807, 2.05) is 0 Å². The highest BCUT2D eigenvalue weighted by Crippen LogP contribution is 1.97. The quantitative estimate of drug-likeness (QED) is 0.485. The molecule has 0 radical (unpaired) electrons. The van der Waals surface area contributed by atoms with Crippen LogP contribution in [-0.2, 0) is 9.59 Å². The summed E-state index contributed by atoms with van der Waals surface area (Å²) < 4.78 is 0. The number of carbonyl (C=O) groups is 2. The van der Waals surface area contributed by atoms with Crippen molar-refractivity contribution in [1.82, 2.24) is 10.6 Å². The molecule has 2 amide bonds. The number of nitrogens with two attached hydrogens (primary N) is 1. The van der Waals surface area contributed by atoms with Crippen LogP contribution in [0, 0.1) is 0 Å². The first-order valence-corrected chi connectivity index (χ1v) is 6.32. The highest BCUT2D eigenvalue weighted by molar-refractivity contribution is 7.98. The molecule has 0 atom stereocenters. The van der Waals surface area contributed by atoms with Crippen LogP contribution in [0.15, 0.2) is 0 Å². The monoisotopic (exact) mass is 233 g/mol. The zero-order valence-corrected chi connectivity index (χ0v) is 9.86. The van der Waals surface area contributed by atoms with Crippen LogP contribution in [-0.4, -0.2) is 43.5 Å². The number of hydrogen-bond donors (Lipinski definition) is 3. The van der Waals surface area contributed by atoms with Gasteiger partial charge in [-0.2, -0.15) is 11.8 Å². The fourth-order valence-corrected chi connectivity index (χ4v) is 1.41. The van der Waals surface area contributed by atoms with Gasteiger partial charge >= 0.3 is 0 Å². The second kappa shape index (κ2) is 9.79. The Morgan fingerprint density at radius 1 is 1.20 bits per heavy atom. The molecule has 0 spiro atoms. The molecule has 0 saturated heterocycles. The molecule has 88 valence electrons. The number of unbranched alkanes of at least 4 members (excludes halogenated alkanes) is 1. The Kier molecular flexibility index (Phi) is 9.30. The zero-order chi connectivity index (χ0) is 11.5. The lowest BCUT2D eigenvalue weighted by Crippen LogP contribution is -2.39. The van der Waals surface area contributed by atoms with E-state index in [0.717, 1.165) is 18.6 Å². The number of carbonyl (C=O) groups excluding carboxylic acids is 2. The first-order valence-electron chi connectivity index (χ1n) is 4.93. The minimum Gasteiger partial charge on any atom is -0.355 e. The van der Waals surface area contributed by atoms with Crippen molar-refractivity contribution in [3.05, 3.63) is 0 Å². The summed E-state index contributed by atoms with van der Waals surface area (Å²) in [6, 6.07) is 0. The first kappa shape index (κ1) is 14.2. The Morgan fingerprint density at radius 3 is 2.53 bits per heavy atom. The van der Waals surface area contributed by atoms with Crippen LogP contribution in [0.25, 0.3) is 0 Å². The number of thioether (sulfide) groups is 1. The Labute approximate surface area is 94.5 Å². The Morgan fingerprint density at radius 2 is 1.93 bits per heavy atom. The normalized spacial score (nSPS) is 9.73. The average Bonchev–Trinajstić information content (AvgIpc) is 2.25. The Bertz CT molecular complexity index is 200. The third-order valence-electron chi connectivity index (χ3n) is 1.73. The van der Waals surface area contributed by atoms with Gasteiger partial charge in [-0.3, -0.25) is 9.59 Å². The molecule has 0 aliphatic carbocycles. The summed E-state index contributed by atoms with van der Waals surface area (Å²) in [7, 11) is 0. The van der Waals surface area contributed by atoms with Crippen molar-refractivity contribution < 1.29 is 9.59 Å². The molecule has 0 aliphatic heterocycles. The SMILES string of the molecule is CSCCCCNC(=O)CNC(=O)CN. The summed E-state index contributed by atoms with van der Waals surface area (Å²) in [5, 5.41) is 5.12. The summed E-state index contributed by atoms with van der Waals surface area (Å²) in [4.78, 5) is 21.8. The van der Waals surface area contributed by atoms with Gasteiger partial charge in [0.05, 0.1) is 13.1 Å². The average molecular weight is 233 g/mol. The van der Waals surface area contributed by atoms with Crippen molar-refractivity contribution in [2.75, 3.05) is 31.6 Å². The molecule has 0 bridgehead atoms. The summed E-state index contributed by atoms with van der Waals surface area (Å²) in [6.07, 6.45) is 4.12. The first-order chi connectivity index (χ1) is 7.20. The van der Waals surface area contributed by atoms with E-state index in [1.165, 1.54) is 0 Å². The van der Waals surface area contributed by atoms with Crippen LogP contribution in [0.1, 0.15) is 12.8 Å². The lowest BCUT2D eigenvalue weighted by atomic mass is 10.3. The van der Waals surface area contributed by atoms with Gasteiger partial charge in [-0.25, -0.2) is 0 Å². The van der Waals surface area contributed by atoms with E-state index >= 15 is 0 Å². The molecule has 4 N–H and O–H groups in total. The van der Waals surface area contributed by atoms with E-state index in [-0.39, 0.29) is 24.9 Å². The van der Waals surface area contributed by atoms with E-state index in [0.29, 0.717) is 6.54 Å². The fraction of sp³-hybridized carbons (Fsp3) is 0.778. The van der Waals surface area contributed by atoms with E-state index < -0.39 is 0 Å². The van der Waals surface area contributed by atoms with Crippen LogP contribution in [0.4, 0.5) is 0 Å². The van der Waals surface area contributed by atoms with E-state index in [9.17, 15) is 9.59 Å². The maximum absolute atomic E-state index is 11.1. The predicted molar refractivity (Wildman–Crippen MR) is 62.7 cm³/mol. The van der Waals surface area contributed by atoms with Crippen molar-refractivity contribution in [3.8, 4) is 0 Å². The largest absolute Gasteiger partial charge is 0.355 e. The molecule has 0 fully saturated rings. The smallest absolute Gasteiger partial charge is 0.239 e. The molecular formula is C9H19N3O2S. The molecule has 6 heteroatoms. The minimum absolute atomic E-state index is 0.0125. The third kappa shape index (κ3) is 9.55. The molecule has 0 saturated carbocycles. The lowest BCUT2D eigenvalue weighted by molar-refractivity contribution is -0.125. The van der Waals surface area contributed by atoms with Crippen LogP contribution in [0.3, 0.4) is 0 Å². The van der Waals surface area contributed by atoms with Crippen LogP contribution < -0.4 is 16.4 Å². The summed E-state index contributed by atoms with van der Waals surface area (Å²) in [6.45, 7) is 0.595. The minimum atomic E-state index is -0.312. The van der Waals surface area contributed by atoms with Gasteiger partial charge in [0.2, 0.25) is 11.8 Å². The molecule has 15 heavy (non-hydrogen) atoms. The molecular weight excluding hydrogens is 214 g/mol. The van der Waals surface area contributed by atoms with Crippen LogP contribution >= 0.6 is 11.8 Å². The summed E-state index contributed by atoms with van der Waals surface area (Å²) >= 11 is 1.79. The van der Waals surface area contributed by atoms with E-state index in [1.54, 1.807) is 11.8 Å².